The molecular formula is C22H26FIN6. The highest BCUT2D eigenvalue weighted by atomic mass is 127. The van der Waals surface area contributed by atoms with Gasteiger partial charge in [0.1, 0.15) is 11.6 Å². The molecular weight excluding hydrogens is 494 g/mol. The molecule has 0 radical (unpaired) electrons. The molecule has 2 aromatic carbocycles. The van der Waals surface area contributed by atoms with Crippen LogP contribution < -0.4 is 10.6 Å². The number of benzene rings is 2. The summed E-state index contributed by atoms with van der Waals surface area (Å²) in [6.07, 6.45) is 0.900. The van der Waals surface area contributed by atoms with Gasteiger partial charge in [0.2, 0.25) is 0 Å². The molecule has 158 valence electrons. The van der Waals surface area contributed by atoms with Crippen LogP contribution >= 0.6 is 24.0 Å². The van der Waals surface area contributed by atoms with Crippen LogP contribution in [0, 0.1) is 24.1 Å². The zero-order valence-corrected chi connectivity index (χ0v) is 19.5. The van der Waals surface area contributed by atoms with Crippen molar-refractivity contribution in [2.45, 2.75) is 33.4 Å². The number of rotatable bonds is 7. The summed E-state index contributed by atoms with van der Waals surface area (Å²) < 4.78 is 16.2. The lowest BCUT2D eigenvalue weighted by Gasteiger charge is -2.12. The van der Waals surface area contributed by atoms with Gasteiger partial charge in [-0.2, -0.15) is 5.26 Å². The quantitative estimate of drug-likeness (QED) is 0.213. The van der Waals surface area contributed by atoms with Gasteiger partial charge >= 0.3 is 0 Å². The molecule has 0 saturated heterocycles. The third kappa shape index (κ3) is 5.92. The predicted molar refractivity (Wildman–Crippen MR) is 128 cm³/mol. The molecule has 0 amide bonds. The largest absolute Gasteiger partial charge is 0.357 e. The normalized spacial score (nSPS) is 11.1. The van der Waals surface area contributed by atoms with Gasteiger partial charge in [-0.15, -0.1) is 24.0 Å². The highest BCUT2D eigenvalue weighted by molar-refractivity contribution is 14.0. The maximum absolute atomic E-state index is 14.0. The van der Waals surface area contributed by atoms with E-state index in [0.29, 0.717) is 23.6 Å². The minimum atomic E-state index is -0.411. The molecule has 0 bridgehead atoms. The molecule has 0 aliphatic heterocycles. The van der Waals surface area contributed by atoms with Crippen LogP contribution in [-0.2, 0) is 13.1 Å². The van der Waals surface area contributed by atoms with Gasteiger partial charge in [-0.25, -0.2) is 14.4 Å². The zero-order valence-electron chi connectivity index (χ0n) is 17.2. The lowest BCUT2D eigenvalue weighted by molar-refractivity contribution is 0.608. The first-order chi connectivity index (χ1) is 14.1. The third-order valence-electron chi connectivity index (χ3n) is 4.63. The first-order valence-corrected chi connectivity index (χ1v) is 9.75. The van der Waals surface area contributed by atoms with Crippen molar-refractivity contribution in [2.75, 3.05) is 13.1 Å². The molecule has 8 heteroatoms. The molecule has 1 heterocycles. The Labute approximate surface area is 193 Å². The Morgan fingerprint density at radius 3 is 2.77 bits per heavy atom. The third-order valence-corrected chi connectivity index (χ3v) is 4.63. The molecule has 0 unspecified atom stereocenters. The van der Waals surface area contributed by atoms with E-state index in [4.69, 9.17) is 5.26 Å². The van der Waals surface area contributed by atoms with E-state index in [1.54, 1.807) is 12.1 Å². The first-order valence-electron chi connectivity index (χ1n) is 9.75. The van der Waals surface area contributed by atoms with Crippen LogP contribution in [0.5, 0.6) is 0 Å². The van der Waals surface area contributed by atoms with Crippen molar-refractivity contribution in [3.05, 3.63) is 65.2 Å². The average Bonchev–Trinajstić information content (AvgIpc) is 3.05. The summed E-state index contributed by atoms with van der Waals surface area (Å²) in [4.78, 5) is 9.05. The fourth-order valence-corrected chi connectivity index (χ4v) is 3.17. The highest BCUT2D eigenvalue weighted by Gasteiger charge is 2.07. The van der Waals surface area contributed by atoms with E-state index in [1.807, 2.05) is 38.1 Å². The maximum Gasteiger partial charge on any atom is 0.191 e. The molecule has 0 aliphatic carbocycles. The summed E-state index contributed by atoms with van der Waals surface area (Å²) in [7, 11) is 0. The summed E-state index contributed by atoms with van der Waals surface area (Å²) in [5, 5.41) is 15.3. The minimum Gasteiger partial charge on any atom is -0.357 e. The van der Waals surface area contributed by atoms with Gasteiger partial charge in [0.15, 0.2) is 5.96 Å². The van der Waals surface area contributed by atoms with Gasteiger partial charge in [0.25, 0.3) is 0 Å². The molecule has 0 aliphatic rings. The Bertz CT molecular complexity index is 1050. The smallest absolute Gasteiger partial charge is 0.191 e. The van der Waals surface area contributed by atoms with Gasteiger partial charge in [-0.3, -0.25) is 0 Å². The van der Waals surface area contributed by atoms with Crippen LogP contribution in [0.15, 0.2) is 47.5 Å². The van der Waals surface area contributed by atoms with Crippen molar-refractivity contribution in [1.29, 1.82) is 5.26 Å². The number of aliphatic imine (C=N–C) groups is 1. The van der Waals surface area contributed by atoms with Crippen molar-refractivity contribution in [3.63, 3.8) is 0 Å². The van der Waals surface area contributed by atoms with Crippen molar-refractivity contribution < 1.29 is 4.39 Å². The number of nitriles is 1. The van der Waals surface area contributed by atoms with E-state index in [-0.39, 0.29) is 30.5 Å². The van der Waals surface area contributed by atoms with E-state index in [0.717, 1.165) is 36.4 Å². The van der Waals surface area contributed by atoms with Crippen molar-refractivity contribution in [2.24, 2.45) is 4.99 Å². The molecule has 6 nitrogen and oxygen atoms in total. The Morgan fingerprint density at radius 2 is 2.03 bits per heavy atom. The first kappa shape index (κ1) is 23.6. The van der Waals surface area contributed by atoms with Gasteiger partial charge in [0.05, 0.1) is 29.2 Å². The second kappa shape index (κ2) is 11.5. The average molecular weight is 520 g/mol. The Morgan fingerprint density at radius 1 is 1.23 bits per heavy atom. The highest BCUT2D eigenvalue weighted by Crippen LogP contribution is 2.15. The maximum atomic E-state index is 14.0. The van der Waals surface area contributed by atoms with Crippen molar-refractivity contribution in [3.8, 4) is 6.07 Å². The second-order valence-corrected chi connectivity index (χ2v) is 6.69. The van der Waals surface area contributed by atoms with Gasteiger partial charge in [-0.05, 0) is 44.5 Å². The molecule has 0 saturated carbocycles. The van der Waals surface area contributed by atoms with Crippen molar-refractivity contribution in [1.82, 2.24) is 20.2 Å². The number of aromatic nitrogens is 2. The fourth-order valence-electron chi connectivity index (χ4n) is 3.17. The Balaban J connectivity index is 0.00000320. The van der Waals surface area contributed by atoms with Crippen LogP contribution in [-0.4, -0.2) is 28.6 Å². The summed E-state index contributed by atoms with van der Waals surface area (Å²) in [6, 6.07) is 14.5. The fraction of sp³-hybridized carbons (Fsp3) is 0.318. The van der Waals surface area contributed by atoms with Crippen LogP contribution in [0.1, 0.15) is 30.3 Å². The number of para-hydroxylation sites is 2. The monoisotopic (exact) mass is 520 g/mol. The number of nitrogens with zero attached hydrogens (tertiary/aromatic N) is 4. The number of imidazole rings is 1. The van der Waals surface area contributed by atoms with Crippen LogP contribution in [0.3, 0.4) is 0 Å². The van der Waals surface area contributed by atoms with E-state index < -0.39 is 5.82 Å². The lowest BCUT2D eigenvalue weighted by Crippen LogP contribution is -2.38. The Hall–Kier alpha value is -2.67. The number of guanidine groups is 1. The molecule has 3 aromatic rings. The van der Waals surface area contributed by atoms with E-state index >= 15 is 0 Å². The number of aryl methyl sites for hydroxylation is 2. The second-order valence-electron chi connectivity index (χ2n) is 6.69. The van der Waals surface area contributed by atoms with Crippen LogP contribution in [0.25, 0.3) is 11.0 Å². The minimum absolute atomic E-state index is 0. The van der Waals surface area contributed by atoms with Gasteiger partial charge < -0.3 is 15.2 Å². The van der Waals surface area contributed by atoms with E-state index in [2.05, 4.69) is 31.2 Å². The number of fused-ring (bicyclic) bond motifs is 1. The number of nitrogens with one attached hydrogen (secondary N) is 2. The summed E-state index contributed by atoms with van der Waals surface area (Å²) in [6.45, 7) is 6.51. The number of halogens is 2. The molecule has 1 aromatic heterocycles. The lowest BCUT2D eigenvalue weighted by atomic mass is 10.1. The predicted octanol–water partition coefficient (Wildman–Crippen LogP) is 4.12. The summed E-state index contributed by atoms with van der Waals surface area (Å²) in [5.74, 6) is 1.23. The van der Waals surface area contributed by atoms with E-state index in [9.17, 15) is 4.39 Å². The molecule has 30 heavy (non-hydrogen) atoms. The standard InChI is InChI=1S/C22H25FN6.HI/c1-3-25-22(27-15-18-10-9-17(14-24)13-19(18)23)26-11-6-12-29-16(2)28-20-7-4-5-8-21(20)29;/h4-5,7-10,13H,3,6,11-12,15H2,1-2H3,(H2,25,26,27);1H. The summed E-state index contributed by atoms with van der Waals surface area (Å²) in [5.41, 5.74) is 2.92. The van der Waals surface area contributed by atoms with Gasteiger partial charge in [-0.1, -0.05) is 18.2 Å². The number of hydrogen-bond donors (Lipinski definition) is 2. The molecule has 0 spiro atoms. The molecule has 0 atom stereocenters. The SMILES string of the molecule is CCNC(=NCc1ccc(C#N)cc1F)NCCCn1c(C)nc2ccccc21.I. The topological polar surface area (TPSA) is 78.0 Å². The summed E-state index contributed by atoms with van der Waals surface area (Å²) >= 11 is 0. The van der Waals surface area contributed by atoms with Crippen LogP contribution in [0.4, 0.5) is 4.39 Å². The molecule has 2 N–H and O–H groups in total. The van der Waals surface area contributed by atoms with E-state index in [1.165, 1.54) is 6.07 Å². The Kier molecular flexibility index (Phi) is 9.05. The van der Waals surface area contributed by atoms with Crippen molar-refractivity contribution >= 4 is 41.0 Å². The van der Waals surface area contributed by atoms with Gasteiger partial charge in [0, 0.05) is 25.2 Å². The van der Waals surface area contributed by atoms with Crippen LogP contribution in [0.2, 0.25) is 0 Å². The molecule has 3 rings (SSSR count). The zero-order chi connectivity index (χ0) is 20.6. The molecule has 0 fully saturated rings. The number of hydrogen-bond acceptors (Lipinski definition) is 3.